The van der Waals surface area contributed by atoms with Gasteiger partial charge >= 0.3 is 0 Å². The molecule has 96 valence electrons. The van der Waals surface area contributed by atoms with Gasteiger partial charge in [0, 0.05) is 36.3 Å². The first-order valence-electron chi connectivity index (χ1n) is 6.58. The SMILES string of the molecule is C[C@H]1[C@H](C)N(C(C)(C)C)CCN1C(C)(C)C. The molecule has 0 aromatic rings. The Bertz CT molecular complexity index is 208. The average molecular weight is 226 g/mol. The molecular formula is C14H30N2. The van der Waals surface area contributed by atoms with E-state index in [9.17, 15) is 0 Å². The Morgan fingerprint density at radius 1 is 0.688 bits per heavy atom. The van der Waals surface area contributed by atoms with Crippen LogP contribution in [-0.2, 0) is 0 Å². The van der Waals surface area contributed by atoms with Gasteiger partial charge in [-0.2, -0.15) is 0 Å². The Morgan fingerprint density at radius 3 is 1.12 bits per heavy atom. The van der Waals surface area contributed by atoms with Gasteiger partial charge in [-0.05, 0) is 55.4 Å². The van der Waals surface area contributed by atoms with Crippen molar-refractivity contribution in [2.24, 2.45) is 0 Å². The number of nitrogens with zero attached hydrogens (tertiary/aromatic N) is 2. The summed E-state index contributed by atoms with van der Waals surface area (Å²) in [6.07, 6.45) is 0. The maximum absolute atomic E-state index is 2.64. The molecule has 0 unspecified atom stereocenters. The highest BCUT2D eigenvalue weighted by Gasteiger charge is 2.39. The Balaban J connectivity index is 2.81. The molecule has 16 heavy (non-hydrogen) atoms. The molecule has 0 radical (unpaired) electrons. The fourth-order valence-corrected chi connectivity index (χ4v) is 3.04. The van der Waals surface area contributed by atoms with E-state index in [1.165, 1.54) is 13.1 Å². The quantitative estimate of drug-likeness (QED) is 0.626. The molecule has 2 nitrogen and oxygen atoms in total. The molecule has 1 heterocycles. The standard InChI is InChI=1S/C14H30N2/c1-11-12(2)16(14(6,7)8)10-9-15(11)13(3,4)5/h11-12H,9-10H2,1-8H3/t11-,12-/m0/s1. The molecule has 2 atom stereocenters. The third-order valence-corrected chi connectivity index (χ3v) is 3.99. The summed E-state index contributed by atoms with van der Waals surface area (Å²) in [4.78, 5) is 5.28. The van der Waals surface area contributed by atoms with E-state index in [-0.39, 0.29) is 11.1 Å². The molecule has 0 aromatic carbocycles. The Labute approximate surface area is 102 Å². The zero-order valence-electron chi connectivity index (χ0n) is 12.5. The smallest absolute Gasteiger partial charge is 0.0226 e. The summed E-state index contributed by atoms with van der Waals surface area (Å²) in [6, 6.07) is 1.26. The monoisotopic (exact) mass is 226 g/mol. The fraction of sp³-hybridized carbons (Fsp3) is 1.00. The molecule has 0 bridgehead atoms. The van der Waals surface area contributed by atoms with Crippen LogP contribution in [0.1, 0.15) is 55.4 Å². The molecular weight excluding hydrogens is 196 g/mol. The van der Waals surface area contributed by atoms with Crippen molar-refractivity contribution < 1.29 is 0 Å². The Hall–Kier alpha value is -0.0800. The van der Waals surface area contributed by atoms with E-state index in [0.717, 1.165) is 0 Å². The molecule has 1 rings (SSSR count). The van der Waals surface area contributed by atoms with E-state index in [1.54, 1.807) is 0 Å². The predicted octanol–water partition coefficient (Wildman–Crippen LogP) is 2.98. The van der Waals surface area contributed by atoms with Crippen molar-refractivity contribution >= 4 is 0 Å². The van der Waals surface area contributed by atoms with Gasteiger partial charge in [0.1, 0.15) is 0 Å². The summed E-state index contributed by atoms with van der Waals surface area (Å²) in [7, 11) is 0. The van der Waals surface area contributed by atoms with Crippen LogP contribution in [-0.4, -0.2) is 46.1 Å². The minimum atomic E-state index is 0.289. The second-order valence-corrected chi connectivity index (χ2v) is 7.21. The fourth-order valence-electron chi connectivity index (χ4n) is 3.04. The molecule has 0 N–H and O–H groups in total. The van der Waals surface area contributed by atoms with E-state index in [2.05, 4.69) is 65.2 Å². The van der Waals surface area contributed by atoms with Crippen LogP contribution in [0.5, 0.6) is 0 Å². The summed E-state index contributed by atoms with van der Waals surface area (Å²) >= 11 is 0. The first-order valence-corrected chi connectivity index (χ1v) is 6.58. The van der Waals surface area contributed by atoms with Crippen molar-refractivity contribution in [3.8, 4) is 0 Å². The average Bonchev–Trinajstić information content (AvgIpc) is 2.05. The molecule has 0 aromatic heterocycles. The van der Waals surface area contributed by atoms with Gasteiger partial charge in [0.2, 0.25) is 0 Å². The van der Waals surface area contributed by atoms with Crippen molar-refractivity contribution in [3.05, 3.63) is 0 Å². The number of piperazine rings is 1. The Morgan fingerprint density at radius 2 is 0.938 bits per heavy atom. The van der Waals surface area contributed by atoms with E-state index < -0.39 is 0 Å². The molecule has 0 amide bonds. The second-order valence-electron chi connectivity index (χ2n) is 7.21. The zero-order chi connectivity index (χ0) is 12.7. The van der Waals surface area contributed by atoms with Gasteiger partial charge in [0.05, 0.1) is 0 Å². The lowest BCUT2D eigenvalue weighted by molar-refractivity contribution is -0.0519. The molecule has 1 fully saturated rings. The molecule has 1 aliphatic rings. The number of hydrogen-bond acceptors (Lipinski definition) is 2. The van der Waals surface area contributed by atoms with Gasteiger partial charge in [-0.1, -0.05) is 0 Å². The highest BCUT2D eigenvalue weighted by Crippen LogP contribution is 2.29. The third-order valence-electron chi connectivity index (χ3n) is 3.99. The minimum Gasteiger partial charge on any atom is -0.293 e. The van der Waals surface area contributed by atoms with Crippen LogP contribution >= 0.6 is 0 Å². The van der Waals surface area contributed by atoms with Crippen molar-refractivity contribution in [2.45, 2.75) is 78.6 Å². The molecule has 2 heteroatoms. The first kappa shape index (κ1) is 14.0. The van der Waals surface area contributed by atoms with Crippen LogP contribution in [0.3, 0.4) is 0 Å². The van der Waals surface area contributed by atoms with Crippen LogP contribution in [0.25, 0.3) is 0 Å². The van der Waals surface area contributed by atoms with Gasteiger partial charge in [0.15, 0.2) is 0 Å². The summed E-state index contributed by atoms with van der Waals surface area (Å²) in [6.45, 7) is 21.0. The first-order chi connectivity index (χ1) is 7.05. The zero-order valence-corrected chi connectivity index (χ0v) is 12.5. The summed E-state index contributed by atoms with van der Waals surface area (Å²) in [5.41, 5.74) is 0.579. The maximum atomic E-state index is 2.64. The van der Waals surface area contributed by atoms with E-state index >= 15 is 0 Å². The van der Waals surface area contributed by atoms with Gasteiger partial charge in [-0.3, -0.25) is 9.80 Å². The highest BCUT2D eigenvalue weighted by atomic mass is 15.3. The van der Waals surface area contributed by atoms with Gasteiger partial charge in [0.25, 0.3) is 0 Å². The largest absolute Gasteiger partial charge is 0.293 e. The molecule has 1 saturated heterocycles. The van der Waals surface area contributed by atoms with Crippen LogP contribution in [0.2, 0.25) is 0 Å². The van der Waals surface area contributed by atoms with Crippen molar-refractivity contribution in [3.63, 3.8) is 0 Å². The normalized spacial score (nSPS) is 30.8. The predicted molar refractivity (Wildman–Crippen MR) is 71.8 cm³/mol. The molecule has 0 aliphatic carbocycles. The van der Waals surface area contributed by atoms with E-state index in [0.29, 0.717) is 12.1 Å². The van der Waals surface area contributed by atoms with Crippen LogP contribution in [0.4, 0.5) is 0 Å². The Kier molecular flexibility index (Phi) is 3.76. The molecule has 0 spiro atoms. The molecule has 1 aliphatic heterocycles. The lowest BCUT2D eigenvalue weighted by atomic mass is 9.92. The minimum absolute atomic E-state index is 0.289. The van der Waals surface area contributed by atoms with Crippen LogP contribution in [0.15, 0.2) is 0 Å². The third kappa shape index (κ3) is 2.78. The van der Waals surface area contributed by atoms with Gasteiger partial charge in [-0.25, -0.2) is 0 Å². The van der Waals surface area contributed by atoms with Crippen LogP contribution in [0, 0.1) is 0 Å². The van der Waals surface area contributed by atoms with Crippen LogP contribution < -0.4 is 0 Å². The van der Waals surface area contributed by atoms with E-state index in [1.807, 2.05) is 0 Å². The highest BCUT2D eigenvalue weighted by molar-refractivity contribution is 4.95. The maximum Gasteiger partial charge on any atom is 0.0226 e. The number of rotatable bonds is 0. The summed E-state index contributed by atoms with van der Waals surface area (Å²) < 4.78 is 0. The van der Waals surface area contributed by atoms with Gasteiger partial charge in [-0.15, -0.1) is 0 Å². The summed E-state index contributed by atoms with van der Waals surface area (Å²) in [5, 5.41) is 0. The second kappa shape index (κ2) is 4.30. The van der Waals surface area contributed by atoms with E-state index in [4.69, 9.17) is 0 Å². The van der Waals surface area contributed by atoms with Gasteiger partial charge < -0.3 is 0 Å². The summed E-state index contributed by atoms with van der Waals surface area (Å²) in [5.74, 6) is 0. The van der Waals surface area contributed by atoms with Crippen molar-refractivity contribution in [1.82, 2.24) is 9.80 Å². The van der Waals surface area contributed by atoms with Crippen molar-refractivity contribution in [1.29, 1.82) is 0 Å². The lowest BCUT2D eigenvalue weighted by Gasteiger charge is -2.54. The topological polar surface area (TPSA) is 6.48 Å². The number of hydrogen-bond donors (Lipinski definition) is 0. The van der Waals surface area contributed by atoms with Crippen molar-refractivity contribution in [2.75, 3.05) is 13.1 Å². The molecule has 0 saturated carbocycles. The lowest BCUT2D eigenvalue weighted by Crippen LogP contribution is -2.65.